The number of benzene rings is 2. The number of hydrogen-bond acceptors (Lipinski definition) is 4. The maximum Gasteiger partial charge on any atom is 0.242 e. The predicted molar refractivity (Wildman–Crippen MR) is 141 cm³/mol. The maximum absolute atomic E-state index is 12.6. The van der Waals surface area contributed by atoms with E-state index in [2.05, 4.69) is 46.3 Å². The fourth-order valence-corrected chi connectivity index (χ4v) is 4.90. The first-order valence-electron chi connectivity index (χ1n) is 11.7. The van der Waals surface area contributed by atoms with Crippen LogP contribution < -0.4 is 14.2 Å². The van der Waals surface area contributed by atoms with Crippen LogP contribution in [0, 0.1) is 0 Å². The number of aryl methyl sites for hydroxylation is 1. The minimum absolute atomic E-state index is 0.00950. The van der Waals surface area contributed by atoms with Crippen LogP contribution in [0.1, 0.15) is 72.8 Å². The Kier molecular flexibility index (Phi) is 10.1. The average Bonchev–Trinajstić information content (AvgIpc) is 2.76. The van der Waals surface area contributed by atoms with Crippen LogP contribution in [0.15, 0.2) is 41.3 Å². The molecule has 8 heteroatoms. The number of nitrogens with one attached hydrogen (secondary N) is 1. The van der Waals surface area contributed by atoms with Gasteiger partial charge in [0.25, 0.3) is 0 Å². The molecule has 0 bridgehead atoms. The largest absolute Gasteiger partial charge is 0.488 e. The first-order chi connectivity index (χ1) is 15.8. The van der Waals surface area contributed by atoms with Crippen LogP contribution in [0.25, 0.3) is 0 Å². The summed E-state index contributed by atoms with van der Waals surface area (Å²) < 4.78 is 40.3. The van der Waals surface area contributed by atoms with Crippen molar-refractivity contribution >= 4 is 33.2 Å². The topological polar surface area (TPSA) is 64.6 Å². The third-order valence-electron chi connectivity index (χ3n) is 5.87. The Labute approximate surface area is 215 Å². The van der Waals surface area contributed by atoms with Crippen molar-refractivity contribution in [3.63, 3.8) is 0 Å². The molecule has 5 nitrogen and oxygen atoms in total. The predicted octanol–water partition coefficient (Wildman–Crippen LogP) is 7.43. The molecule has 0 heterocycles. The summed E-state index contributed by atoms with van der Waals surface area (Å²) in [7, 11) is -3.73. The van der Waals surface area contributed by atoms with Gasteiger partial charge in [0.15, 0.2) is 0 Å². The highest BCUT2D eigenvalue weighted by atomic mass is 35.5. The lowest BCUT2D eigenvalue weighted by molar-refractivity contribution is 0.0952. The molecule has 0 amide bonds. The first-order valence-corrected chi connectivity index (χ1v) is 14.0. The Morgan fingerprint density at radius 3 is 2.18 bits per heavy atom. The molecule has 2 rings (SSSR count). The van der Waals surface area contributed by atoms with Crippen molar-refractivity contribution in [1.29, 1.82) is 0 Å². The van der Waals surface area contributed by atoms with Crippen LogP contribution in [0.5, 0.6) is 11.5 Å². The molecular weight excluding hydrogens is 493 g/mol. The summed E-state index contributed by atoms with van der Waals surface area (Å²) >= 11 is 12.0. The minimum Gasteiger partial charge on any atom is -0.488 e. The van der Waals surface area contributed by atoms with Gasteiger partial charge in [0.2, 0.25) is 10.0 Å². The van der Waals surface area contributed by atoms with Gasteiger partial charge in [-0.2, -0.15) is 0 Å². The van der Waals surface area contributed by atoms with Crippen LogP contribution in [-0.4, -0.2) is 26.2 Å². The summed E-state index contributed by atoms with van der Waals surface area (Å²) in [6.07, 6.45) is 3.96. The van der Waals surface area contributed by atoms with Crippen LogP contribution in [0.4, 0.5) is 0 Å². The molecule has 0 unspecified atom stereocenters. The summed E-state index contributed by atoms with van der Waals surface area (Å²) in [4.78, 5) is -0.00950. The zero-order chi connectivity index (χ0) is 25.6. The number of unbranched alkanes of at least 4 members (excludes halogenated alkanes) is 1. The molecule has 2 aromatic carbocycles. The monoisotopic (exact) mass is 529 g/mol. The van der Waals surface area contributed by atoms with E-state index in [-0.39, 0.29) is 21.1 Å². The Hall–Kier alpha value is -1.47. The minimum atomic E-state index is -3.73. The smallest absolute Gasteiger partial charge is 0.242 e. The number of ether oxygens (including phenoxy) is 2. The molecule has 34 heavy (non-hydrogen) atoms. The average molecular weight is 531 g/mol. The normalized spacial score (nSPS) is 12.6. The molecule has 2 aromatic rings. The van der Waals surface area contributed by atoms with Crippen molar-refractivity contribution in [2.75, 3.05) is 6.54 Å². The second-order valence-electron chi connectivity index (χ2n) is 9.63. The van der Waals surface area contributed by atoms with E-state index in [4.69, 9.17) is 32.7 Å². The van der Waals surface area contributed by atoms with Crippen molar-refractivity contribution in [1.82, 2.24) is 4.72 Å². The molecule has 190 valence electrons. The summed E-state index contributed by atoms with van der Waals surface area (Å²) in [5.41, 5.74) is 0.505. The number of halogens is 2. The molecule has 0 spiro atoms. The van der Waals surface area contributed by atoms with Gasteiger partial charge in [-0.3, -0.25) is 0 Å². The van der Waals surface area contributed by atoms with E-state index < -0.39 is 10.0 Å². The van der Waals surface area contributed by atoms with E-state index >= 15 is 0 Å². The van der Waals surface area contributed by atoms with Crippen molar-refractivity contribution in [2.45, 2.75) is 89.7 Å². The second-order valence-corrected chi connectivity index (χ2v) is 12.2. The summed E-state index contributed by atoms with van der Waals surface area (Å²) in [6, 6.07) is 10.4. The Balaban J connectivity index is 2.04. The summed E-state index contributed by atoms with van der Waals surface area (Å²) in [5, 5.41) is 0.466. The highest BCUT2D eigenvalue weighted by Gasteiger charge is 2.22. The molecule has 0 aliphatic carbocycles. The lowest BCUT2D eigenvalue weighted by Gasteiger charge is -2.29. The Morgan fingerprint density at radius 1 is 0.882 bits per heavy atom. The molecule has 0 aliphatic heterocycles. The highest BCUT2D eigenvalue weighted by Crippen LogP contribution is 2.32. The van der Waals surface area contributed by atoms with E-state index in [1.165, 1.54) is 12.1 Å². The van der Waals surface area contributed by atoms with Crippen LogP contribution in [-0.2, 0) is 16.4 Å². The van der Waals surface area contributed by atoms with Gasteiger partial charge in [-0.15, -0.1) is 0 Å². The molecular formula is C26H37Cl2NO4S. The van der Waals surface area contributed by atoms with Crippen molar-refractivity contribution in [3.8, 4) is 11.5 Å². The molecule has 0 aliphatic rings. The number of hydrogen-bond donors (Lipinski definition) is 1. The zero-order valence-corrected chi connectivity index (χ0v) is 23.3. The molecule has 0 fully saturated rings. The SMILES string of the molecule is CCC(C)(C)Oc1ccc(CCCCNS(=O)(=O)c2cc(Cl)ccc2Cl)c(OC(C)(C)CC)c1. The van der Waals surface area contributed by atoms with Gasteiger partial charge >= 0.3 is 0 Å². The maximum atomic E-state index is 12.6. The molecule has 0 atom stereocenters. The molecule has 1 N–H and O–H groups in total. The Bertz CT molecular complexity index is 1070. The quantitative estimate of drug-likeness (QED) is 0.274. The van der Waals surface area contributed by atoms with E-state index in [1.807, 2.05) is 18.2 Å². The van der Waals surface area contributed by atoms with Gasteiger partial charge in [-0.25, -0.2) is 13.1 Å². The Morgan fingerprint density at radius 2 is 1.53 bits per heavy atom. The second kappa shape index (κ2) is 12.0. The fraction of sp³-hybridized carbons (Fsp3) is 0.538. The third kappa shape index (κ3) is 8.63. The van der Waals surface area contributed by atoms with Gasteiger partial charge in [0.05, 0.1) is 5.02 Å². The lowest BCUT2D eigenvalue weighted by atomic mass is 10.0. The van der Waals surface area contributed by atoms with Crippen LogP contribution >= 0.6 is 23.2 Å². The zero-order valence-electron chi connectivity index (χ0n) is 21.0. The van der Waals surface area contributed by atoms with E-state index in [1.54, 1.807) is 6.07 Å². The molecule has 0 radical (unpaired) electrons. The number of rotatable bonds is 13. The summed E-state index contributed by atoms with van der Waals surface area (Å²) in [6.45, 7) is 12.8. The van der Waals surface area contributed by atoms with Gasteiger partial charge in [-0.05, 0) is 89.6 Å². The van der Waals surface area contributed by atoms with Gasteiger partial charge in [0, 0.05) is 17.6 Å². The van der Waals surface area contributed by atoms with Crippen LogP contribution in [0.2, 0.25) is 10.0 Å². The third-order valence-corrected chi connectivity index (χ3v) is 8.05. The van der Waals surface area contributed by atoms with Gasteiger partial charge in [0.1, 0.15) is 27.6 Å². The van der Waals surface area contributed by atoms with Crippen molar-refractivity contribution in [3.05, 3.63) is 52.0 Å². The fourth-order valence-electron chi connectivity index (χ4n) is 3.07. The van der Waals surface area contributed by atoms with E-state index in [0.717, 1.165) is 42.7 Å². The molecule has 0 saturated heterocycles. The van der Waals surface area contributed by atoms with Gasteiger partial charge < -0.3 is 9.47 Å². The molecule has 0 saturated carbocycles. The van der Waals surface area contributed by atoms with E-state index in [9.17, 15) is 8.42 Å². The standard InChI is InChI=1S/C26H37Cl2NO4S/c1-7-25(3,4)32-21-14-12-19(23(18-21)33-26(5,6)8-2)11-9-10-16-29-34(30,31)24-17-20(27)13-15-22(24)28/h12-15,17-18,29H,7-11,16H2,1-6H3. The summed E-state index contributed by atoms with van der Waals surface area (Å²) in [5.74, 6) is 1.59. The number of sulfonamides is 1. The van der Waals surface area contributed by atoms with Crippen LogP contribution in [0.3, 0.4) is 0 Å². The molecule has 0 aromatic heterocycles. The van der Waals surface area contributed by atoms with Gasteiger partial charge in [-0.1, -0.05) is 43.1 Å². The lowest BCUT2D eigenvalue weighted by Crippen LogP contribution is -2.28. The van der Waals surface area contributed by atoms with Crippen molar-refractivity contribution in [2.24, 2.45) is 0 Å². The highest BCUT2D eigenvalue weighted by molar-refractivity contribution is 7.89. The first kappa shape index (κ1) is 28.8. The van der Waals surface area contributed by atoms with Crippen molar-refractivity contribution < 1.29 is 17.9 Å². The van der Waals surface area contributed by atoms with E-state index in [0.29, 0.717) is 18.0 Å².